The zero-order valence-electron chi connectivity index (χ0n) is 17.8. The van der Waals surface area contributed by atoms with Crippen LogP contribution in [0.3, 0.4) is 0 Å². The monoisotopic (exact) mass is 372 g/mol. The lowest BCUT2D eigenvalue weighted by Crippen LogP contribution is -2.57. The van der Waals surface area contributed by atoms with Crippen LogP contribution in [0, 0.1) is 5.41 Å². The van der Waals surface area contributed by atoms with Gasteiger partial charge in [-0.3, -0.25) is 4.79 Å². The van der Waals surface area contributed by atoms with Gasteiger partial charge in [-0.15, -0.1) is 0 Å². The highest BCUT2D eigenvalue weighted by Crippen LogP contribution is 2.26. The summed E-state index contributed by atoms with van der Waals surface area (Å²) in [5.41, 5.74) is -1.19. The highest BCUT2D eigenvalue weighted by molar-refractivity contribution is 5.90. The van der Waals surface area contributed by atoms with E-state index in [2.05, 4.69) is 5.32 Å². The molecule has 0 aromatic rings. The molecule has 2 amide bonds. The minimum Gasteiger partial charge on any atom is -0.467 e. The van der Waals surface area contributed by atoms with E-state index in [4.69, 9.17) is 9.47 Å². The van der Waals surface area contributed by atoms with Crippen molar-refractivity contribution >= 4 is 18.0 Å². The van der Waals surface area contributed by atoms with Crippen molar-refractivity contribution in [1.82, 2.24) is 10.2 Å². The van der Waals surface area contributed by atoms with Crippen LogP contribution in [-0.4, -0.2) is 54.2 Å². The first-order valence-electron chi connectivity index (χ1n) is 9.24. The highest BCUT2D eigenvalue weighted by atomic mass is 16.6. The van der Waals surface area contributed by atoms with Crippen LogP contribution < -0.4 is 5.32 Å². The van der Waals surface area contributed by atoms with E-state index in [0.717, 1.165) is 6.42 Å². The maximum Gasteiger partial charge on any atom is 0.408 e. The van der Waals surface area contributed by atoms with Crippen molar-refractivity contribution in [2.24, 2.45) is 5.41 Å². The number of likely N-dealkylation sites (tertiary alicyclic amines) is 1. The van der Waals surface area contributed by atoms with Crippen molar-refractivity contribution in [1.29, 1.82) is 0 Å². The molecular weight excluding hydrogens is 336 g/mol. The molecule has 1 fully saturated rings. The first-order valence-corrected chi connectivity index (χ1v) is 9.24. The van der Waals surface area contributed by atoms with Crippen LogP contribution in [0.4, 0.5) is 4.79 Å². The standard InChI is InChI=1S/C17H30N2O5.C2H6/c1-16(2,3)12(18-15(22)24-17(4,5)6)13(20)19-10-8-9-11(19)14(21)23-7;1-2/h11-12H,8-10H2,1-7H3,(H,18,22);1-2H3/t11?,12-;/m1./s1. The molecule has 152 valence electrons. The predicted octanol–water partition coefficient (Wildman–Crippen LogP) is 3.12. The molecule has 0 spiro atoms. The van der Waals surface area contributed by atoms with Gasteiger partial charge in [-0.05, 0) is 39.0 Å². The molecule has 7 heteroatoms. The number of methoxy groups -OCH3 is 1. The van der Waals surface area contributed by atoms with E-state index in [9.17, 15) is 14.4 Å². The van der Waals surface area contributed by atoms with Gasteiger partial charge >= 0.3 is 12.1 Å². The van der Waals surface area contributed by atoms with Gasteiger partial charge < -0.3 is 19.7 Å². The Hall–Kier alpha value is -1.79. The Labute approximate surface area is 157 Å². The molecule has 0 aliphatic carbocycles. The number of carbonyl (C=O) groups is 3. The van der Waals surface area contributed by atoms with Gasteiger partial charge in [0.25, 0.3) is 0 Å². The number of nitrogens with one attached hydrogen (secondary N) is 1. The van der Waals surface area contributed by atoms with Crippen molar-refractivity contribution in [3.8, 4) is 0 Å². The van der Waals surface area contributed by atoms with Gasteiger partial charge in [0.1, 0.15) is 17.7 Å². The number of rotatable bonds is 3. The van der Waals surface area contributed by atoms with Gasteiger partial charge in [0.05, 0.1) is 7.11 Å². The Kier molecular flexibility index (Phi) is 9.11. The molecule has 0 aromatic carbocycles. The van der Waals surface area contributed by atoms with E-state index in [1.54, 1.807) is 20.8 Å². The zero-order chi connectivity index (χ0) is 20.7. The topological polar surface area (TPSA) is 84.9 Å². The smallest absolute Gasteiger partial charge is 0.408 e. The Morgan fingerprint density at radius 1 is 1.08 bits per heavy atom. The van der Waals surface area contributed by atoms with Crippen LogP contribution in [0.25, 0.3) is 0 Å². The van der Waals surface area contributed by atoms with E-state index < -0.39 is 35.2 Å². The molecule has 2 atom stereocenters. The molecule has 1 aliphatic rings. The molecule has 1 rings (SSSR count). The third-order valence-corrected chi connectivity index (χ3v) is 3.78. The van der Waals surface area contributed by atoms with Crippen LogP contribution in [0.15, 0.2) is 0 Å². The second-order valence-electron chi connectivity index (χ2n) is 8.16. The third-order valence-electron chi connectivity index (χ3n) is 3.78. The van der Waals surface area contributed by atoms with Crippen LogP contribution in [0.2, 0.25) is 0 Å². The Bertz CT molecular complexity index is 491. The van der Waals surface area contributed by atoms with Crippen molar-refractivity contribution in [2.75, 3.05) is 13.7 Å². The molecule has 0 aromatic heterocycles. The van der Waals surface area contributed by atoms with Crippen LogP contribution in [-0.2, 0) is 19.1 Å². The number of nitrogens with zero attached hydrogens (tertiary/aromatic N) is 1. The summed E-state index contributed by atoms with van der Waals surface area (Å²) in [5, 5.41) is 2.66. The molecule has 1 N–H and O–H groups in total. The minimum atomic E-state index is -0.794. The molecule has 0 saturated carbocycles. The molecule has 0 bridgehead atoms. The SMILES string of the molecule is CC.COC(=O)C1CCCN1C(=O)[C@@H](NC(=O)OC(C)(C)C)C(C)(C)C. The van der Waals surface area contributed by atoms with E-state index in [1.165, 1.54) is 12.0 Å². The first kappa shape index (κ1) is 24.2. The van der Waals surface area contributed by atoms with E-state index in [-0.39, 0.29) is 5.91 Å². The number of hydrogen-bond donors (Lipinski definition) is 1. The highest BCUT2D eigenvalue weighted by Gasteiger charge is 2.42. The summed E-state index contributed by atoms with van der Waals surface area (Å²) in [6.07, 6.45) is 0.654. The van der Waals surface area contributed by atoms with Crippen LogP contribution in [0.5, 0.6) is 0 Å². The fourth-order valence-electron chi connectivity index (χ4n) is 2.65. The lowest BCUT2D eigenvalue weighted by molar-refractivity contribution is -0.152. The zero-order valence-corrected chi connectivity index (χ0v) is 17.8. The number of alkyl carbamates (subject to hydrolysis) is 1. The third kappa shape index (κ3) is 7.22. The van der Waals surface area contributed by atoms with Crippen molar-refractivity contribution in [3.63, 3.8) is 0 Å². The number of hydrogen-bond acceptors (Lipinski definition) is 5. The number of amides is 2. The largest absolute Gasteiger partial charge is 0.467 e. The summed E-state index contributed by atoms with van der Waals surface area (Å²) in [6, 6.07) is -1.38. The fraction of sp³-hybridized carbons (Fsp3) is 0.842. The Balaban J connectivity index is 0.00000301. The summed E-state index contributed by atoms with van der Waals surface area (Å²) in [5.74, 6) is -0.716. The second kappa shape index (κ2) is 9.78. The summed E-state index contributed by atoms with van der Waals surface area (Å²) in [6.45, 7) is 15.3. The minimum absolute atomic E-state index is 0.291. The first-order chi connectivity index (χ1) is 11.9. The summed E-state index contributed by atoms with van der Waals surface area (Å²) >= 11 is 0. The van der Waals surface area contributed by atoms with Gasteiger partial charge in [0.15, 0.2) is 0 Å². The summed E-state index contributed by atoms with van der Waals surface area (Å²) in [4.78, 5) is 38.5. The van der Waals surface area contributed by atoms with Crippen molar-refractivity contribution < 1.29 is 23.9 Å². The molecule has 1 saturated heterocycles. The average Bonchev–Trinajstić information content (AvgIpc) is 3.00. The molecular formula is C19H36N2O5. The Morgan fingerprint density at radius 3 is 2.04 bits per heavy atom. The molecule has 1 heterocycles. The van der Waals surface area contributed by atoms with Gasteiger partial charge in [0.2, 0.25) is 5.91 Å². The normalized spacial score (nSPS) is 18.3. The molecule has 1 aliphatic heterocycles. The molecule has 7 nitrogen and oxygen atoms in total. The van der Waals surface area contributed by atoms with E-state index in [1.807, 2.05) is 34.6 Å². The van der Waals surface area contributed by atoms with E-state index in [0.29, 0.717) is 13.0 Å². The number of ether oxygens (including phenoxy) is 2. The van der Waals surface area contributed by atoms with Crippen molar-refractivity contribution in [3.05, 3.63) is 0 Å². The fourth-order valence-corrected chi connectivity index (χ4v) is 2.65. The maximum absolute atomic E-state index is 13.0. The maximum atomic E-state index is 13.0. The Morgan fingerprint density at radius 2 is 1.62 bits per heavy atom. The molecule has 1 unspecified atom stereocenters. The van der Waals surface area contributed by atoms with Crippen LogP contribution in [0.1, 0.15) is 68.2 Å². The van der Waals surface area contributed by atoms with Gasteiger partial charge in [-0.25, -0.2) is 9.59 Å². The quantitative estimate of drug-likeness (QED) is 0.770. The average molecular weight is 373 g/mol. The summed E-state index contributed by atoms with van der Waals surface area (Å²) in [7, 11) is 1.31. The van der Waals surface area contributed by atoms with Gasteiger partial charge in [-0.1, -0.05) is 34.6 Å². The molecule has 0 radical (unpaired) electrons. The van der Waals surface area contributed by atoms with Gasteiger partial charge in [-0.2, -0.15) is 0 Å². The van der Waals surface area contributed by atoms with Gasteiger partial charge in [0, 0.05) is 6.54 Å². The lowest BCUT2D eigenvalue weighted by Gasteiger charge is -2.35. The lowest BCUT2D eigenvalue weighted by atomic mass is 9.85. The second-order valence-corrected chi connectivity index (χ2v) is 8.16. The number of esters is 1. The van der Waals surface area contributed by atoms with Crippen LogP contribution >= 0.6 is 0 Å². The van der Waals surface area contributed by atoms with E-state index >= 15 is 0 Å². The van der Waals surface area contributed by atoms with Crippen molar-refractivity contribution in [2.45, 2.75) is 85.9 Å². The summed E-state index contributed by atoms with van der Waals surface area (Å²) < 4.78 is 10.0. The predicted molar refractivity (Wildman–Crippen MR) is 101 cm³/mol. The molecule has 26 heavy (non-hydrogen) atoms. The number of carbonyl (C=O) groups excluding carboxylic acids is 3.